The monoisotopic (exact) mass is 121 g/mol. The van der Waals surface area contributed by atoms with Gasteiger partial charge in [0.15, 0.2) is 0 Å². The fraction of sp³-hybridized carbons (Fsp3) is 0.125. The van der Waals surface area contributed by atoms with E-state index in [9.17, 15) is 0 Å². The highest BCUT2D eigenvalue weighted by atomic mass is 14.6. The maximum absolute atomic E-state index is 3.81. The Morgan fingerprint density at radius 1 is 1.44 bits per heavy atom. The molecular weight excluding hydrogens is 110 g/mol. The van der Waals surface area contributed by atoms with E-state index in [2.05, 4.69) is 18.2 Å². The van der Waals surface area contributed by atoms with Crippen LogP contribution in [0.3, 0.4) is 0 Å². The van der Waals surface area contributed by atoms with Gasteiger partial charge < -0.3 is 0 Å². The standard InChI is InChI=1S/C8H11N/c1-4-6-8(3)7-9-5-2/h4-7H,1-2H2,3H3/b8-6-,9-7?. The maximum Gasteiger partial charge on any atom is 0.0296 e. The number of aliphatic imine (C=N–C) groups is 1. The molecule has 1 nitrogen and oxygen atoms in total. The third kappa shape index (κ3) is 4.75. The highest BCUT2D eigenvalue weighted by Gasteiger charge is 1.74. The van der Waals surface area contributed by atoms with Gasteiger partial charge in [-0.05, 0) is 12.5 Å². The number of allylic oxidation sites excluding steroid dienone is 3. The second-order valence-corrected chi connectivity index (χ2v) is 1.61. The van der Waals surface area contributed by atoms with Crippen molar-refractivity contribution in [3.8, 4) is 0 Å². The van der Waals surface area contributed by atoms with Gasteiger partial charge in [-0.1, -0.05) is 25.3 Å². The first kappa shape index (κ1) is 7.89. The predicted octanol–water partition coefficient (Wildman–Crippen LogP) is 2.33. The van der Waals surface area contributed by atoms with E-state index < -0.39 is 0 Å². The normalized spacial score (nSPS) is 11.9. The molecule has 0 aliphatic heterocycles. The van der Waals surface area contributed by atoms with Gasteiger partial charge in [-0.3, -0.25) is 4.99 Å². The lowest BCUT2D eigenvalue weighted by Gasteiger charge is -1.82. The van der Waals surface area contributed by atoms with E-state index in [1.807, 2.05) is 13.0 Å². The first-order valence-corrected chi connectivity index (χ1v) is 2.74. The molecule has 0 atom stereocenters. The van der Waals surface area contributed by atoms with Crippen LogP contribution in [-0.2, 0) is 0 Å². The summed E-state index contributed by atoms with van der Waals surface area (Å²) < 4.78 is 0. The van der Waals surface area contributed by atoms with E-state index in [-0.39, 0.29) is 0 Å². The molecule has 0 rings (SSSR count). The average molecular weight is 121 g/mol. The molecule has 0 aliphatic rings. The third-order valence-electron chi connectivity index (χ3n) is 0.764. The Morgan fingerprint density at radius 2 is 2.11 bits per heavy atom. The number of hydrogen-bond donors (Lipinski definition) is 0. The van der Waals surface area contributed by atoms with E-state index in [0.717, 1.165) is 5.57 Å². The maximum atomic E-state index is 3.81. The van der Waals surface area contributed by atoms with Gasteiger partial charge in [-0.25, -0.2) is 0 Å². The van der Waals surface area contributed by atoms with Crippen molar-refractivity contribution in [3.63, 3.8) is 0 Å². The quantitative estimate of drug-likeness (QED) is 0.401. The first-order valence-electron chi connectivity index (χ1n) is 2.74. The molecule has 0 heterocycles. The Kier molecular flexibility index (Phi) is 4.41. The Morgan fingerprint density at radius 3 is 2.56 bits per heavy atom. The van der Waals surface area contributed by atoms with Crippen molar-refractivity contribution in [2.75, 3.05) is 0 Å². The summed E-state index contributed by atoms with van der Waals surface area (Å²) in [5, 5.41) is 0. The summed E-state index contributed by atoms with van der Waals surface area (Å²) in [4.78, 5) is 3.81. The molecule has 1 heteroatoms. The van der Waals surface area contributed by atoms with E-state index in [1.54, 1.807) is 12.3 Å². The molecule has 9 heavy (non-hydrogen) atoms. The molecule has 0 aliphatic carbocycles. The van der Waals surface area contributed by atoms with Crippen LogP contribution in [0.5, 0.6) is 0 Å². The van der Waals surface area contributed by atoms with Gasteiger partial charge in [0.05, 0.1) is 0 Å². The molecule has 0 aromatic carbocycles. The molecule has 0 saturated heterocycles. The molecular formula is C8H11N. The van der Waals surface area contributed by atoms with Gasteiger partial charge in [0.1, 0.15) is 0 Å². The zero-order valence-corrected chi connectivity index (χ0v) is 5.67. The van der Waals surface area contributed by atoms with Gasteiger partial charge in [0.2, 0.25) is 0 Å². The zero-order chi connectivity index (χ0) is 7.11. The molecule has 0 fully saturated rings. The lowest BCUT2D eigenvalue weighted by atomic mass is 10.3. The number of nitrogens with zero attached hydrogens (tertiary/aromatic N) is 1. The summed E-state index contributed by atoms with van der Waals surface area (Å²) in [6, 6.07) is 0. The summed E-state index contributed by atoms with van der Waals surface area (Å²) in [6.45, 7) is 8.94. The number of hydrogen-bond acceptors (Lipinski definition) is 1. The first-order chi connectivity index (χ1) is 4.31. The molecule has 0 amide bonds. The molecule has 0 spiro atoms. The highest BCUT2D eigenvalue weighted by Crippen LogP contribution is 1.86. The van der Waals surface area contributed by atoms with E-state index in [0.29, 0.717) is 0 Å². The molecule has 48 valence electrons. The van der Waals surface area contributed by atoms with Crippen LogP contribution in [0.4, 0.5) is 0 Å². The van der Waals surface area contributed by atoms with Crippen molar-refractivity contribution < 1.29 is 0 Å². The van der Waals surface area contributed by atoms with Crippen LogP contribution in [0.15, 0.2) is 42.1 Å². The SMILES string of the molecule is C=C/C=C(/C)C=NC=C. The lowest BCUT2D eigenvalue weighted by molar-refractivity contribution is 1.55. The lowest BCUT2D eigenvalue weighted by Crippen LogP contribution is -1.72. The van der Waals surface area contributed by atoms with Crippen LogP contribution in [0, 0.1) is 0 Å². The van der Waals surface area contributed by atoms with E-state index in [4.69, 9.17) is 0 Å². The van der Waals surface area contributed by atoms with Crippen molar-refractivity contribution >= 4 is 6.21 Å². The molecule has 0 radical (unpaired) electrons. The van der Waals surface area contributed by atoms with Crippen molar-refractivity contribution in [1.82, 2.24) is 0 Å². The summed E-state index contributed by atoms with van der Waals surface area (Å²) in [7, 11) is 0. The second kappa shape index (κ2) is 5.04. The molecule has 0 aromatic rings. The summed E-state index contributed by atoms with van der Waals surface area (Å²) >= 11 is 0. The van der Waals surface area contributed by atoms with Gasteiger partial charge in [-0.2, -0.15) is 0 Å². The van der Waals surface area contributed by atoms with Crippen molar-refractivity contribution in [2.45, 2.75) is 6.92 Å². The minimum absolute atomic E-state index is 1.07. The Hall–Kier alpha value is -1.11. The van der Waals surface area contributed by atoms with Gasteiger partial charge in [0.25, 0.3) is 0 Å². The summed E-state index contributed by atoms with van der Waals surface area (Å²) in [6.07, 6.45) is 6.84. The van der Waals surface area contributed by atoms with Crippen molar-refractivity contribution in [2.24, 2.45) is 4.99 Å². The largest absolute Gasteiger partial charge is 0.265 e. The van der Waals surface area contributed by atoms with Crippen LogP contribution >= 0.6 is 0 Å². The van der Waals surface area contributed by atoms with Gasteiger partial charge in [-0.15, -0.1) is 0 Å². The molecule has 0 aromatic heterocycles. The van der Waals surface area contributed by atoms with E-state index in [1.165, 1.54) is 6.20 Å². The van der Waals surface area contributed by atoms with Crippen LogP contribution in [-0.4, -0.2) is 6.21 Å². The number of rotatable bonds is 3. The van der Waals surface area contributed by atoms with Crippen molar-refractivity contribution in [1.29, 1.82) is 0 Å². The van der Waals surface area contributed by atoms with Gasteiger partial charge >= 0.3 is 0 Å². The highest BCUT2D eigenvalue weighted by molar-refractivity contribution is 5.78. The minimum Gasteiger partial charge on any atom is -0.265 e. The molecule has 0 saturated carbocycles. The predicted molar refractivity (Wildman–Crippen MR) is 42.6 cm³/mol. The fourth-order valence-corrected chi connectivity index (χ4v) is 0.399. The summed E-state index contributed by atoms with van der Waals surface area (Å²) in [5.74, 6) is 0. The summed E-state index contributed by atoms with van der Waals surface area (Å²) in [5.41, 5.74) is 1.07. The second-order valence-electron chi connectivity index (χ2n) is 1.61. The van der Waals surface area contributed by atoms with Crippen LogP contribution in [0.2, 0.25) is 0 Å². The van der Waals surface area contributed by atoms with E-state index >= 15 is 0 Å². The zero-order valence-electron chi connectivity index (χ0n) is 5.67. The van der Waals surface area contributed by atoms with Crippen LogP contribution in [0.1, 0.15) is 6.92 Å². The average Bonchev–Trinajstić information content (AvgIpc) is 1.85. The molecule has 0 unspecified atom stereocenters. The Balaban J connectivity index is 3.88. The van der Waals surface area contributed by atoms with Gasteiger partial charge in [0, 0.05) is 12.4 Å². The molecule has 0 bridgehead atoms. The fourth-order valence-electron chi connectivity index (χ4n) is 0.399. The minimum atomic E-state index is 1.07. The van der Waals surface area contributed by atoms with Crippen molar-refractivity contribution in [3.05, 3.63) is 37.1 Å². The Bertz CT molecular complexity index is 152. The Labute approximate surface area is 56.1 Å². The molecule has 0 N–H and O–H groups in total. The third-order valence-corrected chi connectivity index (χ3v) is 0.764. The van der Waals surface area contributed by atoms with Crippen LogP contribution in [0.25, 0.3) is 0 Å². The smallest absolute Gasteiger partial charge is 0.0296 e. The van der Waals surface area contributed by atoms with Crippen LogP contribution < -0.4 is 0 Å². The topological polar surface area (TPSA) is 12.4 Å².